The summed E-state index contributed by atoms with van der Waals surface area (Å²) in [6.45, 7) is 3.73. The van der Waals surface area contributed by atoms with Gasteiger partial charge in [-0.05, 0) is 30.9 Å². The number of rotatable bonds is 5. The van der Waals surface area contributed by atoms with Gasteiger partial charge in [-0.1, -0.05) is 19.8 Å². The van der Waals surface area contributed by atoms with Crippen molar-refractivity contribution in [2.75, 3.05) is 13.1 Å². The lowest BCUT2D eigenvalue weighted by Crippen LogP contribution is -2.38. The molecule has 1 fully saturated rings. The zero-order chi connectivity index (χ0) is 14.6. The van der Waals surface area contributed by atoms with Crippen LogP contribution in [-0.2, 0) is 16.6 Å². The minimum absolute atomic E-state index is 0.267. The summed E-state index contributed by atoms with van der Waals surface area (Å²) in [4.78, 5) is 4.34. The van der Waals surface area contributed by atoms with Gasteiger partial charge in [0.1, 0.15) is 4.90 Å². The Morgan fingerprint density at radius 1 is 1.35 bits per heavy atom. The molecular weight excluding hydrogens is 274 g/mol. The third kappa shape index (κ3) is 3.37. The number of aromatic nitrogens is 1. The van der Waals surface area contributed by atoms with Crippen molar-refractivity contribution < 1.29 is 8.42 Å². The van der Waals surface area contributed by atoms with Gasteiger partial charge in [0, 0.05) is 25.8 Å². The molecule has 112 valence electrons. The molecule has 0 spiro atoms. The maximum Gasteiger partial charge on any atom is 0.244 e. The van der Waals surface area contributed by atoms with Crippen molar-refractivity contribution in [3.05, 3.63) is 24.0 Å². The standard InChI is InChI=1S/C14H23N3O2S/c1-2-3-12-6-8-17(9-7-12)20(18,19)14-5-4-13(10-15)16-11-14/h4-5,11-12H,2-3,6-10,15H2,1H3. The van der Waals surface area contributed by atoms with E-state index in [0.717, 1.165) is 12.8 Å². The topological polar surface area (TPSA) is 76.3 Å². The van der Waals surface area contributed by atoms with Crippen LogP contribution in [0.25, 0.3) is 0 Å². The molecule has 1 aromatic heterocycles. The number of hydrogen-bond acceptors (Lipinski definition) is 4. The number of hydrogen-bond donors (Lipinski definition) is 1. The summed E-state index contributed by atoms with van der Waals surface area (Å²) in [5.41, 5.74) is 6.17. The van der Waals surface area contributed by atoms with Crippen LogP contribution in [0.5, 0.6) is 0 Å². The van der Waals surface area contributed by atoms with Gasteiger partial charge in [-0.25, -0.2) is 8.42 Å². The average molecular weight is 297 g/mol. The highest BCUT2D eigenvalue weighted by atomic mass is 32.2. The van der Waals surface area contributed by atoms with Gasteiger partial charge in [0.25, 0.3) is 0 Å². The molecule has 1 aromatic rings. The van der Waals surface area contributed by atoms with Crippen LogP contribution in [0.4, 0.5) is 0 Å². The van der Waals surface area contributed by atoms with Gasteiger partial charge in [-0.2, -0.15) is 4.31 Å². The zero-order valence-corrected chi connectivity index (χ0v) is 12.8. The molecule has 0 radical (unpaired) electrons. The molecule has 1 aliphatic heterocycles. The number of sulfonamides is 1. The van der Waals surface area contributed by atoms with Crippen molar-refractivity contribution in [1.82, 2.24) is 9.29 Å². The summed E-state index contributed by atoms with van der Waals surface area (Å²) in [6, 6.07) is 3.28. The molecule has 2 rings (SSSR count). The number of piperidine rings is 1. The van der Waals surface area contributed by atoms with Gasteiger partial charge < -0.3 is 5.73 Å². The van der Waals surface area contributed by atoms with Crippen LogP contribution in [-0.4, -0.2) is 30.8 Å². The van der Waals surface area contributed by atoms with Crippen molar-refractivity contribution in [2.45, 2.75) is 44.0 Å². The van der Waals surface area contributed by atoms with Gasteiger partial charge >= 0.3 is 0 Å². The molecule has 0 amide bonds. The first-order chi connectivity index (χ1) is 9.57. The molecule has 6 heteroatoms. The molecule has 2 heterocycles. The lowest BCUT2D eigenvalue weighted by Gasteiger charge is -2.31. The predicted molar refractivity (Wildman–Crippen MR) is 78.5 cm³/mol. The van der Waals surface area contributed by atoms with Crippen LogP contribution < -0.4 is 5.73 Å². The Balaban J connectivity index is 2.07. The molecule has 0 saturated carbocycles. The Morgan fingerprint density at radius 2 is 2.05 bits per heavy atom. The largest absolute Gasteiger partial charge is 0.325 e. The summed E-state index contributed by atoms with van der Waals surface area (Å²) in [5, 5.41) is 0. The normalized spacial score (nSPS) is 18.3. The van der Waals surface area contributed by atoms with Crippen LogP contribution in [0.2, 0.25) is 0 Å². The Morgan fingerprint density at radius 3 is 2.55 bits per heavy atom. The minimum atomic E-state index is -3.40. The van der Waals surface area contributed by atoms with Crippen molar-refractivity contribution in [3.8, 4) is 0 Å². The summed E-state index contributed by atoms with van der Waals surface area (Å²) in [6.07, 6.45) is 5.70. The Labute approximate surface area is 121 Å². The van der Waals surface area contributed by atoms with E-state index >= 15 is 0 Å². The third-order valence-electron chi connectivity index (χ3n) is 3.91. The Kier molecular flexibility index (Phi) is 5.12. The van der Waals surface area contributed by atoms with E-state index in [-0.39, 0.29) is 4.90 Å². The smallest absolute Gasteiger partial charge is 0.244 e. The highest BCUT2D eigenvalue weighted by molar-refractivity contribution is 7.89. The maximum absolute atomic E-state index is 12.5. The van der Waals surface area contributed by atoms with Crippen LogP contribution in [0.1, 0.15) is 38.3 Å². The van der Waals surface area contributed by atoms with E-state index in [9.17, 15) is 8.42 Å². The average Bonchev–Trinajstić information content (AvgIpc) is 2.48. The molecule has 0 atom stereocenters. The lowest BCUT2D eigenvalue weighted by atomic mass is 9.94. The van der Waals surface area contributed by atoms with Crippen molar-refractivity contribution >= 4 is 10.0 Å². The van der Waals surface area contributed by atoms with E-state index in [1.54, 1.807) is 16.4 Å². The van der Waals surface area contributed by atoms with E-state index in [2.05, 4.69) is 11.9 Å². The number of pyridine rings is 1. The predicted octanol–water partition coefficient (Wildman–Crippen LogP) is 1.74. The monoisotopic (exact) mass is 297 g/mol. The summed E-state index contributed by atoms with van der Waals surface area (Å²) >= 11 is 0. The van der Waals surface area contributed by atoms with Gasteiger partial charge in [0.05, 0.1) is 5.69 Å². The fraction of sp³-hybridized carbons (Fsp3) is 0.643. The van der Waals surface area contributed by atoms with Gasteiger partial charge in [0.2, 0.25) is 10.0 Å². The molecule has 0 aliphatic carbocycles. The van der Waals surface area contributed by atoms with Crippen molar-refractivity contribution in [3.63, 3.8) is 0 Å². The highest BCUT2D eigenvalue weighted by Gasteiger charge is 2.29. The van der Waals surface area contributed by atoms with Crippen LogP contribution in [0.3, 0.4) is 0 Å². The molecule has 5 nitrogen and oxygen atoms in total. The van der Waals surface area contributed by atoms with Gasteiger partial charge in [0.15, 0.2) is 0 Å². The van der Waals surface area contributed by atoms with Gasteiger partial charge in [-0.3, -0.25) is 4.98 Å². The quantitative estimate of drug-likeness (QED) is 0.898. The summed E-state index contributed by atoms with van der Waals surface area (Å²) in [5.74, 6) is 0.671. The van der Waals surface area contributed by atoms with Crippen molar-refractivity contribution in [1.29, 1.82) is 0 Å². The second kappa shape index (κ2) is 6.65. The first-order valence-corrected chi connectivity index (χ1v) is 8.67. The molecule has 1 aliphatic rings. The van der Waals surface area contributed by atoms with Crippen LogP contribution in [0.15, 0.2) is 23.2 Å². The van der Waals surface area contributed by atoms with E-state index < -0.39 is 10.0 Å². The second-order valence-corrected chi connectivity index (χ2v) is 7.26. The zero-order valence-electron chi connectivity index (χ0n) is 12.0. The molecule has 0 unspecified atom stereocenters. The minimum Gasteiger partial charge on any atom is -0.325 e. The van der Waals surface area contributed by atoms with E-state index in [1.807, 2.05) is 0 Å². The van der Waals surface area contributed by atoms with E-state index in [1.165, 1.54) is 19.0 Å². The SMILES string of the molecule is CCCC1CCN(S(=O)(=O)c2ccc(CN)nc2)CC1. The second-order valence-electron chi connectivity index (χ2n) is 5.33. The number of nitrogens with zero attached hydrogens (tertiary/aromatic N) is 2. The third-order valence-corrected chi connectivity index (χ3v) is 5.80. The van der Waals surface area contributed by atoms with Gasteiger partial charge in [-0.15, -0.1) is 0 Å². The van der Waals surface area contributed by atoms with Crippen LogP contribution >= 0.6 is 0 Å². The van der Waals surface area contributed by atoms with Crippen LogP contribution in [0, 0.1) is 5.92 Å². The Bertz CT molecular complexity index is 520. The molecule has 1 saturated heterocycles. The first kappa shape index (κ1) is 15.4. The highest BCUT2D eigenvalue weighted by Crippen LogP contribution is 2.26. The molecule has 2 N–H and O–H groups in total. The number of nitrogens with two attached hydrogens (primary N) is 1. The molecule has 0 aromatic carbocycles. The molecular formula is C14H23N3O2S. The van der Waals surface area contributed by atoms with E-state index in [0.29, 0.717) is 31.2 Å². The fourth-order valence-corrected chi connectivity index (χ4v) is 4.10. The van der Waals surface area contributed by atoms with E-state index in [4.69, 9.17) is 5.73 Å². The summed E-state index contributed by atoms with van der Waals surface area (Å²) in [7, 11) is -3.40. The lowest BCUT2D eigenvalue weighted by molar-refractivity contribution is 0.262. The summed E-state index contributed by atoms with van der Waals surface area (Å²) < 4.78 is 26.6. The molecule has 0 bridgehead atoms. The first-order valence-electron chi connectivity index (χ1n) is 7.23. The molecule has 20 heavy (non-hydrogen) atoms. The maximum atomic E-state index is 12.5. The van der Waals surface area contributed by atoms with Crippen molar-refractivity contribution in [2.24, 2.45) is 11.7 Å². The fourth-order valence-electron chi connectivity index (χ4n) is 2.68. The Hall–Kier alpha value is -0.980.